The zero-order valence-corrected chi connectivity index (χ0v) is 18.7. The molecule has 10 nitrogen and oxygen atoms in total. The zero-order chi connectivity index (χ0) is 23.7. The number of rotatable bonds is 4. The predicted molar refractivity (Wildman–Crippen MR) is 129 cm³/mol. The van der Waals surface area contributed by atoms with E-state index in [2.05, 4.69) is 30.9 Å². The van der Waals surface area contributed by atoms with E-state index in [1.807, 2.05) is 0 Å². The average molecular weight is 493 g/mol. The highest BCUT2D eigenvalue weighted by atomic mass is 35.5. The molecule has 0 saturated heterocycles. The molecule has 3 aromatic heterocycles. The number of nitrogens with one attached hydrogen (secondary N) is 2. The third kappa shape index (κ3) is 4.19. The molecule has 0 aliphatic carbocycles. The third-order valence-electron chi connectivity index (χ3n) is 4.76. The summed E-state index contributed by atoms with van der Waals surface area (Å²) in [6.07, 6.45) is 3.03. The smallest absolute Gasteiger partial charge is 0.325 e. The van der Waals surface area contributed by atoms with Gasteiger partial charge in [0.25, 0.3) is 5.56 Å². The summed E-state index contributed by atoms with van der Waals surface area (Å²) < 4.78 is 2.24. The van der Waals surface area contributed by atoms with Crippen LogP contribution >= 0.6 is 23.2 Å². The summed E-state index contributed by atoms with van der Waals surface area (Å²) in [7, 11) is 0. The molecule has 168 valence electrons. The molecule has 0 saturated carbocycles. The predicted octanol–water partition coefficient (Wildman–Crippen LogP) is 4.50. The maximum absolute atomic E-state index is 13.4. The average Bonchev–Trinajstić information content (AvgIpc) is 3.24. The van der Waals surface area contributed by atoms with Gasteiger partial charge in [-0.2, -0.15) is 14.2 Å². The van der Waals surface area contributed by atoms with Gasteiger partial charge in [-0.25, -0.2) is 4.79 Å². The molecule has 3 heterocycles. The molecule has 0 radical (unpaired) electrons. The Kier molecular flexibility index (Phi) is 5.66. The Balaban J connectivity index is 1.67. The highest BCUT2D eigenvalue weighted by molar-refractivity contribution is 6.31. The first-order chi connectivity index (χ1) is 16.5. The third-order valence-corrected chi connectivity index (χ3v) is 5.25. The Morgan fingerprint density at radius 2 is 1.68 bits per heavy atom. The van der Waals surface area contributed by atoms with E-state index in [0.717, 1.165) is 4.57 Å². The maximum atomic E-state index is 13.4. The van der Waals surface area contributed by atoms with Crippen molar-refractivity contribution < 1.29 is 4.79 Å². The summed E-state index contributed by atoms with van der Waals surface area (Å²) in [5, 5.41) is 14.7. The Morgan fingerprint density at radius 1 is 0.912 bits per heavy atom. The minimum Gasteiger partial charge on any atom is -0.325 e. The van der Waals surface area contributed by atoms with Crippen molar-refractivity contribution >= 4 is 57.7 Å². The van der Waals surface area contributed by atoms with Gasteiger partial charge in [0.1, 0.15) is 0 Å². The van der Waals surface area contributed by atoms with Gasteiger partial charge in [0, 0.05) is 33.8 Å². The SMILES string of the molecule is O=C(Nc1ccncc1)n1c(Nc2cccc(Cl)c2)nc2c(nnn2-c2ccc(Cl)cc2)c1=O. The second-order valence-electron chi connectivity index (χ2n) is 7.03. The van der Waals surface area contributed by atoms with Gasteiger partial charge in [-0.3, -0.25) is 9.78 Å². The van der Waals surface area contributed by atoms with E-state index in [1.165, 1.54) is 17.1 Å². The monoisotopic (exact) mass is 492 g/mol. The first kappa shape index (κ1) is 21.6. The van der Waals surface area contributed by atoms with Gasteiger partial charge in [-0.1, -0.05) is 34.5 Å². The van der Waals surface area contributed by atoms with Gasteiger partial charge in [0.2, 0.25) is 5.95 Å². The van der Waals surface area contributed by atoms with E-state index in [-0.39, 0.29) is 17.1 Å². The van der Waals surface area contributed by atoms with Crippen molar-refractivity contribution in [2.45, 2.75) is 0 Å². The maximum Gasteiger partial charge on any atom is 0.335 e. The number of carbonyl (C=O) groups is 1. The Hall–Kier alpha value is -4.28. The van der Waals surface area contributed by atoms with E-state index in [1.54, 1.807) is 60.7 Å². The first-order valence-electron chi connectivity index (χ1n) is 9.88. The number of aromatic nitrogens is 6. The number of amides is 1. The minimum atomic E-state index is -0.740. The summed E-state index contributed by atoms with van der Waals surface area (Å²) >= 11 is 12.1. The van der Waals surface area contributed by atoms with Crippen molar-refractivity contribution in [1.29, 1.82) is 0 Å². The van der Waals surface area contributed by atoms with Crippen LogP contribution in [0.5, 0.6) is 0 Å². The quantitative estimate of drug-likeness (QED) is 0.378. The molecular formula is C22H14Cl2N8O2. The number of benzene rings is 2. The number of anilines is 3. The molecular weight excluding hydrogens is 479 g/mol. The molecule has 5 rings (SSSR count). The molecule has 2 aromatic carbocycles. The van der Waals surface area contributed by atoms with Crippen molar-refractivity contribution in [3.05, 3.63) is 93.5 Å². The van der Waals surface area contributed by atoms with Crippen LogP contribution in [-0.2, 0) is 0 Å². The van der Waals surface area contributed by atoms with Crippen molar-refractivity contribution in [2.24, 2.45) is 0 Å². The van der Waals surface area contributed by atoms with Crippen molar-refractivity contribution in [2.75, 3.05) is 10.6 Å². The van der Waals surface area contributed by atoms with Crippen molar-refractivity contribution in [1.82, 2.24) is 29.5 Å². The van der Waals surface area contributed by atoms with E-state index >= 15 is 0 Å². The van der Waals surface area contributed by atoms with Crippen LogP contribution in [0.2, 0.25) is 10.0 Å². The number of halogens is 2. The zero-order valence-electron chi connectivity index (χ0n) is 17.2. The van der Waals surface area contributed by atoms with Gasteiger partial charge in [-0.15, -0.1) is 5.10 Å². The summed E-state index contributed by atoms with van der Waals surface area (Å²) in [4.78, 5) is 34.9. The van der Waals surface area contributed by atoms with E-state index < -0.39 is 11.6 Å². The molecule has 34 heavy (non-hydrogen) atoms. The molecule has 0 atom stereocenters. The van der Waals surface area contributed by atoms with Gasteiger partial charge in [0.05, 0.1) is 5.69 Å². The lowest BCUT2D eigenvalue weighted by molar-refractivity contribution is 0.253. The number of pyridine rings is 1. The standard InChI is InChI=1S/C22H14Cl2N8O2/c23-13-4-6-17(7-5-13)32-19-18(29-30-32)20(33)31(22(34)27-15-8-10-25-11-9-15)21(28-19)26-16-3-1-2-14(24)12-16/h1-12H,(H,26,28)(H,25,27,34). The largest absolute Gasteiger partial charge is 0.335 e. The Labute approximate surface area is 201 Å². The lowest BCUT2D eigenvalue weighted by atomic mass is 10.3. The van der Waals surface area contributed by atoms with Crippen LogP contribution in [-0.4, -0.2) is 35.6 Å². The van der Waals surface area contributed by atoms with Crippen LogP contribution in [0, 0.1) is 0 Å². The van der Waals surface area contributed by atoms with Crippen LogP contribution in [0.15, 0.2) is 77.9 Å². The highest BCUT2D eigenvalue weighted by Gasteiger charge is 2.22. The summed E-state index contributed by atoms with van der Waals surface area (Å²) in [6.45, 7) is 0. The summed E-state index contributed by atoms with van der Waals surface area (Å²) in [5.41, 5.74) is 0.925. The summed E-state index contributed by atoms with van der Waals surface area (Å²) in [5.74, 6) is -0.0520. The lowest BCUT2D eigenvalue weighted by Gasteiger charge is -2.14. The number of hydrogen-bond donors (Lipinski definition) is 2. The highest BCUT2D eigenvalue weighted by Crippen LogP contribution is 2.21. The molecule has 0 unspecified atom stereocenters. The van der Waals surface area contributed by atoms with Gasteiger partial charge >= 0.3 is 6.03 Å². The van der Waals surface area contributed by atoms with Crippen LogP contribution < -0.4 is 16.2 Å². The molecule has 0 spiro atoms. The molecule has 5 aromatic rings. The Morgan fingerprint density at radius 3 is 2.41 bits per heavy atom. The lowest BCUT2D eigenvalue weighted by Crippen LogP contribution is -2.33. The van der Waals surface area contributed by atoms with Crippen LogP contribution in [0.25, 0.3) is 16.9 Å². The summed E-state index contributed by atoms with van der Waals surface area (Å²) in [6, 6.07) is 16.0. The fourth-order valence-electron chi connectivity index (χ4n) is 3.21. The Bertz CT molecular complexity index is 1570. The fourth-order valence-corrected chi connectivity index (χ4v) is 3.52. The molecule has 0 aliphatic rings. The van der Waals surface area contributed by atoms with Crippen LogP contribution in [0.3, 0.4) is 0 Å². The molecule has 1 amide bonds. The topological polar surface area (TPSA) is 120 Å². The minimum absolute atomic E-state index is 0.0520. The van der Waals surface area contributed by atoms with Crippen LogP contribution in [0.1, 0.15) is 0 Å². The molecule has 0 bridgehead atoms. The van der Waals surface area contributed by atoms with Gasteiger partial charge in [-0.05, 0) is 54.6 Å². The molecule has 0 fully saturated rings. The molecule has 2 N–H and O–H groups in total. The van der Waals surface area contributed by atoms with E-state index in [4.69, 9.17) is 23.2 Å². The fraction of sp³-hybridized carbons (Fsp3) is 0. The first-order valence-corrected chi connectivity index (χ1v) is 10.6. The second kappa shape index (κ2) is 8.93. The number of carbonyl (C=O) groups excluding carboxylic acids is 1. The number of hydrogen-bond acceptors (Lipinski definition) is 7. The van der Waals surface area contributed by atoms with Gasteiger partial charge in [0.15, 0.2) is 11.2 Å². The van der Waals surface area contributed by atoms with Gasteiger partial charge < -0.3 is 10.6 Å². The van der Waals surface area contributed by atoms with Crippen LogP contribution in [0.4, 0.5) is 22.1 Å². The molecule has 0 aliphatic heterocycles. The number of fused-ring (bicyclic) bond motifs is 1. The van der Waals surface area contributed by atoms with E-state index in [0.29, 0.717) is 27.1 Å². The number of nitrogens with zero attached hydrogens (tertiary/aromatic N) is 6. The second-order valence-corrected chi connectivity index (χ2v) is 7.90. The molecule has 12 heteroatoms. The van der Waals surface area contributed by atoms with E-state index in [9.17, 15) is 9.59 Å². The van der Waals surface area contributed by atoms with Crippen molar-refractivity contribution in [3.63, 3.8) is 0 Å². The normalized spacial score (nSPS) is 10.9. The van der Waals surface area contributed by atoms with Crippen molar-refractivity contribution in [3.8, 4) is 5.69 Å².